The second kappa shape index (κ2) is 11.1. The van der Waals surface area contributed by atoms with E-state index in [9.17, 15) is 27.9 Å². The molecule has 11 nitrogen and oxygen atoms in total. The van der Waals surface area contributed by atoms with Crippen LogP contribution in [0.25, 0.3) is 16.6 Å². The first kappa shape index (κ1) is 29.3. The minimum atomic E-state index is -3.83. The number of sulfonamides is 1. The third kappa shape index (κ3) is 5.92. The molecule has 1 unspecified atom stereocenters. The fourth-order valence-corrected chi connectivity index (χ4v) is 6.86. The highest BCUT2D eigenvalue weighted by atomic mass is 35.5. The molecule has 0 bridgehead atoms. The van der Waals surface area contributed by atoms with Gasteiger partial charge in [0.15, 0.2) is 0 Å². The van der Waals surface area contributed by atoms with Gasteiger partial charge in [-0.25, -0.2) is 27.7 Å². The first-order valence-electron chi connectivity index (χ1n) is 12.9. The molecule has 214 valence electrons. The van der Waals surface area contributed by atoms with E-state index in [0.717, 1.165) is 12.8 Å². The highest BCUT2D eigenvalue weighted by molar-refractivity contribution is 7.90. The Morgan fingerprint density at radius 1 is 1.15 bits per heavy atom. The van der Waals surface area contributed by atoms with Crippen molar-refractivity contribution in [2.24, 2.45) is 0 Å². The molecule has 1 aliphatic carbocycles. The molecule has 0 radical (unpaired) electrons. The quantitative estimate of drug-likeness (QED) is 0.354. The van der Waals surface area contributed by atoms with Crippen LogP contribution in [0.3, 0.4) is 0 Å². The predicted octanol–water partition coefficient (Wildman–Crippen LogP) is 5.27. The lowest BCUT2D eigenvalue weighted by Crippen LogP contribution is -2.47. The molecule has 2 aromatic carbocycles. The van der Waals surface area contributed by atoms with Gasteiger partial charge in [-0.2, -0.15) is 0 Å². The Hall–Kier alpha value is -3.64. The monoisotopic (exact) mass is 589 g/mol. The zero-order valence-corrected chi connectivity index (χ0v) is 24.2. The van der Waals surface area contributed by atoms with Gasteiger partial charge in [0, 0.05) is 11.2 Å². The fraction of sp³-hybridized carbons (Fsp3) is 0.407. The zero-order chi connectivity index (χ0) is 29.4. The summed E-state index contributed by atoms with van der Waals surface area (Å²) in [6, 6.07) is 9.24. The molecule has 13 heteroatoms. The maximum atomic E-state index is 13.9. The Morgan fingerprint density at radius 2 is 1.80 bits per heavy atom. The summed E-state index contributed by atoms with van der Waals surface area (Å²) >= 11 is 6.37. The van der Waals surface area contributed by atoms with Gasteiger partial charge in [0.25, 0.3) is 5.56 Å². The van der Waals surface area contributed by atoms with E-state index in [4.69, 9.17) is 11.6 Å². The van der Waals surface area contributed by atoms with Crippen LogP contribution in [-0.2, 0) is 10.0 Å². The van der Waals surface area contributed by atoms with Crippen molar-refractivity contribution >= 4 is 50.3 Å². The number of rotatable bonds is 6. The maximum Gasteiger partial charge on any atom is 0.408 e. The van der Waals surface area contributed by atoms with Crippen LogP contribution >= 0.6 is 11.6 Å². The normalized spacial score (nSPS) is 15.1. The number of hydrogen-bond acceptors (Lipinski definition) is 6. The lowest BCUT2D eigenvalue weighted by Gasteiger charge is -2.38. The smallest absolute Gasteiger partial charge is 0.408 e. The van der Waals surface area contributed by atoms with E-state index >= 15 is 0 Å². The number of carbonyl (C=O) groups excluding carboxylic acids is 1. The summed E-state index contributed by atoms with van der Waals surface area (Å²) < 4.78 is 28.4. The SMILES string of the molecule is CC(c1nc2cccc(Cl)c2c(=O)n1-c1cccc(NC(=O)NS(=O)(=O)C2CCCC2)c1)N(C(=O)O)C(C)(C)C. The summed E-state index contributed by atoms with van der Waals surface area (Å²) in [5.74, 6) is 0.141. The molecule has 0 saturated heterocycles. The van der Waals surface area contributed by atoms with E-state index in [1.165, 1.54) is 15.5 Å². The van der Waals surface area contributed by atoms with Crippen molar-refractivity contribution < 1.29 is 23.1 Å². The molecule has 3 amide bonds. The lowest BCUT2D eigenvalue weighted by atomic mass is 10.0. The van der Waals surface area contributed by atoms with E-state index in [1.807, 2.05) is 0 Å². The zero-order valence-electron chi connectivity index (χ0n) is 22.6. The van der Waals surface area contributed by atoms with Crippen molar-refractivity contribution in [2.75, 3.05) is 5.32 Å². The molecule has 1 heterocycles. The minimum Gasteiger partial charge on any atom is -0.465 e. The van der Waals surface area contributed by atoms with Crippen molar-refractivity contribution in [3.63, 3.8) is 0 Å². The molecule has 1 saturated carbocycles. The van der Waals surface area contributed by atoms with Crippen molar-refractivity contribution in [3.05, 3.63) is 63.7 Å². The number of urea groups is 1. The number of carboxylic acid groups (broad SMARTS) is 1. The van der Waals surface area contributed by atoms with E-state index in [-0.39, 0.29) is 27.6 Å². The maximum absolute atomic E-state index is 13.9. The molecule has 1 aromatic heterocycles. The number of benzene rings is 2. The summed E-state index contributed by atoms with van der Waals surface area (Å²) in [7, 11) is -3.83. The van der Waals surface area contributed by atoms with Crippen LogP contribution in [0.5, 0.6) is 0 Å². The summed E-state index contributed by atoms with van der Waals surface area (Å²) in [6.45, 7) is 6.85. The van der Waals surface area contributed by atoms with Crippen LogP contribution in [0.1, 0.15) is 65.2 Å². The molecule has 40 heavy (non-hydrogen) atoms. The Balaban J connectivity index is 1.80. The van der Waals surface area contributed by atoms with Crippen LogP contribution < -0.4 is 15.6 Å². The minimum absolute atomic E-state index is 0.141. The predicted molar refractivity (Wildman–Crippen MR) is 154 cm³/mol. The van der Waals surface area contributed by atoms with Gasteiger partial charge in [-0.3, -0.25) is 14.3 Å². The van der Waals surface area contributed by atoms with E-state index < -0.39 is 44.5 Å². The van der Waals surface area contributed by atoms with Gasteiger partial charge in [-0.15, -0.1) is 0 Å². The van der Waals surface area contributed by atoms with Crippen molar-refractivity contribution in [1.82, 2.24) is 19.2 Å². The molecule has 3 N–H and O–H groups in total. The van der Waals surface area contributed by atoms with Crippen molar-refractivity contribution in [2.45, 2.75) is 70.2 Å². The number of aromatic nitrogens is 2. The summed E-state index contributed by atoms with van der Waals surface area (Å²) in [5.41, 5.74) is -0.560. The van der Waals surface area contributed by atoms with Crippen molar-refractivity contribution in [3.8, 4) is 5.69 Å². The molecule has 0 aliphatic heterocycles. The highest BCUT2D eigenvalue weighted by Gasteiger charge is 2.35. The van der Waals surface area contributed by atoms with Gasteiger partial charge in [0.2, 0.25) is 10.0 Å². The Labute approximate surface area is 237 Å². The molecule has 0 spiro atoms. The summed E-state index contributed by atoms with van der Waals surface area (Å²) in [5, 5.41) is 12.3. The largest absolute Gasteiger partial charge is 0.465 e. The number of nitrogens with one attached hydrogen (secondary N) is 2. The number of hydrogen-bond donors (Lipinski definition) is 3. The van der Waals surface area contributed by atoms with Crippen LogP contribution in [0.4, 0.5) is 15.3 Å². The fourth-order valence-electron chi connectivity index (χ4n) is 5.18. The first-order chi connectivity index (χ1) is 18.7. The van der Waals surface area contributed by atoms with E-state index in [0.29, 0.717) is 18.4 Å². The van der Waals surface area contributed by atoms with E-state index in [1.54, 1.807) is 64.1 Å². The average Bonchev–Trinajstić information content (AvgIpc) is 3.38. The van der Waals surface area contributed by atoms with Gasteiger partial charge in [0.1, 0.15) is 5.82 Å². The summed E-state index contributed by atoms with van der Waals surface area (Å²) in [4.78, 5) is 44.6. The number of fused-ring (bicyclic) bond motifs is 1. The Bertz CT molecular complexity index is 1630. The van der Waals surface area contributed by atoms with Gasteiger partial charge in [0.05, 0.1) is 32.9 Å². The van der Waals surface area contributed by atoms with Gasteiger partial charge >= 0.3 is 12.1 Å². The van der Waals surface area contributed by atoms with E-state index in [2.05, 4.69) is 15.0 Å². The Kier molecular flexibility index (Phi) is 8.13. The number of halogens is 1. The van der Waals surface area contributed by atoms with Crippen LogP contribution in [0.15, 0.2) is 47.3 Å². The second-order valence-corrected chi connectivity index (χ2v) is 13.2. The highest BCUT2D eigenvalue weighted by Crippen LogP contribution is 2.30. The van der Waals surface area contributed by atoms with Crippen molar-refractivity contribution in [1.29, 1.82) is 0 Å². The van der Waals surface area contributed by atoms with Crippen LogP contribution in [0.2, 0.25) is 5.02 Å². The Morgan fingerprint density at radius 3 is 2.42 bits per heavy atom. The van der Waals surface area contributed by atoms with Crippen LogP contribution in [-0.4, -0.2) is 50.9 Å². The molecular weight excluding hydrogens is 558 g/mol. The molecular formula is C27H32ClN5O6S. The van der Waals surface area contributed by atoms with Gasteiger partial charge < -0.3 is 10.4 Å². The van der Waals surface area contributed by atoms with Gasteiger partial charge in [-0.1, -0.05) is 36.6 Å². The average molecular weight is 590 g/mol. The molecule has 4 rings (SSSR count). The lowest BCUT2D eigenvalue weighted by molar-refractivity contribution is 0.0719. The summed E-state index contributed by atoms with van der Waals surface area (Å²) in [6.07, 6.45) is 1.40. The topological polar surface area (TPSA) is 151 Å². The first-order valence-corrected chi connectivity index (χ1v) is 14.8. The second-order valence-electron chi connectivity index (χ2n) is 10.8. The molecule has 3 aromatic rings. The number of anilines is 1. The third-order valence-electron chi connectivity index (χ3n) is 6.90. The van der Waals surface area contributed by atoms with Gasteiger partial charge in [-0.05, 0) is 70.9 Å². The molecule has 1 aliphatic rings. The molecule has 1 fully saturated rings. The van der Waals surface area contributed by atoms with Crippen LogP contribution in [0, 0.1) is 0 Å². The number of nitrogens with zero attached hydrogens (tertiary/aromatic N) is 3. The third-order valence-corrected chi connectivity index (χ3v) is 9.03. The molecule has 1 atom stereocenters. The number of carbonyl (C=O) groups is 2. The standard InChI is InChI=1S/C27H32ClN5O6S/c1-16(33(26(36)37)27(2,3)4)23-30-21-14-8-13-20(28)22(21)24(34)32(23)18-10-7-9-17(15-18)29-25(35)31-40(38,39)19-11-5-6-12-19/h7-10,13-16,19H,5-6,11-12H2,1-4H3,(H,36,37)(H2,29,31,35). The number of amides is 3.